The van der Waals surface area contributed by atoms with E-state index in [2.05, 4.69) is 0 Å². The fourth-order valence-corrected chi connectivity index (χ4v) is 1.24. The predicted octanol–water partition coefficient (Wildman–Crippen LogP) is 2.96. The standard InChI is InChI=1S/C10H11F4N/c1-5(4-15)7-2-6(10(13)14)3-8(11)9(7)12/h2-3,5,10H,4,15H2,1H3. The lowest BCUT2D eigenvalue weighted by molar-refractivity contribution is 0.150. The van der Waals surface area contributed by atoms with Crippen LogP contribution in [0.15, 0.2) is 12.1 Å². The highest BCUT2D eigenvalue weighted by Crippen LogP contribution is 2.27. The molecule has 84 valence electrons. The molecule has 1 atom stereocenters. The summed E-state index contributed by atoms with van der Waals surface area (Å²) in [7, 11) is 0. The van der Waals surface area contributed by atoms with Crippen molar-refractivity contribution in [3.05, 3.63) is 34.9 Å². The summed E-state index contributed by atoms with van der Waals surface area (Å²) in [5.74, 6) is -2.85. The van der Waals surface area contributed by atoms with Gasteiger partial charge < -0.3 is 5.73 Å². The molecule has 0 amide bonds. The summed E-state index contributed by atoms with van der Waals surface area (Å²) >= 11 is 0. The summed E-state index contributed by atoms with van der Waals surface area (Å²) in [6.45, 7) is 1.62. The molecule has 0 aliphatic rings. The Kier molecular flexibility index (Phi) is 3.68. The van der Waals surface area contributed by atoms with Crippen molar-refractivity contribution in [1.29, 1.82) is 0 Å². The summed E-state index contributed by atoms with van der Waals surface area (Å²) < 4.78 is 50.8. The molecule has 0 aromatic heterocycles. The lowest BCUT2D eigenvalue weighted by atomic mass is 9.98. The molecule has 1 rings (SSSR count). The van der Waals surface area contributed by atoms with Gasteiger partial charge >= 0.3 is 0 Å². The summed E-state index contributed by atoms with van der Waals surface area (Å²) in [5, 5.41) is 0. The van der Waals surface area contributed by atoms with Gasteiger partial charge in [0, 0.05) is 5.56 Å². The van der Waals surface area contributed by atoms with Gasteiger partial charge in [-0.3, -0.25) is 0 Å². The summed E-state index contributed by atoms with van der Waals surface area (Å²) in [6.07, 6.45) is -2.82. The van der Waals surface area contributed by atoms with E-state index in [0.717, 1.165) is 6.07 Å². The minimum Gasteiger partial charge on any atom is -0.330 e. The average Bonchev–Trinajstić information content (AvgIpc) is 2.20. The zero-order valence-electron chi connectivity index (χ0n) is 8.11. The maximum atomic E-state index is 13.2. The number of rotatable bonds is 3. The van der Waals surface area contributed by atoms with Gasteiger partial charge in [0.1, 0.15) is 0 Å². The fourth-order valence-electron chi connectivity index (χ4n) is 1.24. The second-order valence-electron chi connectivity index (χ2n) is 3.34. The van der Waals surface area contributed by atoms with Crippen LogP contribution in [0.25, 0.3) is 0 Å². The van der Waals surface area contributed by atoms with Gasteiger partial charge in [-0.2, -0.15) is 0 Å². The van der Waals surface area contributed by atoms with Crippen molar-refractivity contribution >= 4 is 0 Å². The Labute approximate surface area is 84.9 Å². The molecule has 0 heterocycles. The first kappa shape index (κ1) is 12.0. The minimum absolute atomic E-state index is 0.0725. The van der Waals surface area contributed by atoms with Crippen LogP contribution < -0.4 is 5.73 Å². The van der Waals surface area contributed by atoms with E-state index in [1.165, 1.54) is 0 Å². The monoisotopic (exact) mass is 221 g/mol. The quantitative estimate of drug-likeness (QED) is 0.780. The summed E-state index contributed by atoms with van der Waals surface area (Å²) in [6, 6.07) is 1.47. The van der Waals surface area contributed by atoms with Crippen LogP contribution in [-0.2, 0) is 0 Å². The van der Waals surface area contributed by atoms with Crippen LogP contribution in [0.1, 0.15) is 30.4 Å². The van der Waals surface area contributed by atoms with Gasteiger partial charge in [0.05, 0.1) is 0 Å². The maximum absolute atomic E-state index is 13.2. The Balaban J connectivity index is 3.25. The van der Waals surface area contributed by atoms with Crippen LogP contribution in [0, 0.1) is 11.6 Å². The van der Waals surface area contributed by atoms with Gasteiger partial charge in [-0.25, -0.2) is 17.6 Å². The third-order valence-electron chi connectivity index (χ3n) is 2.22. The van der Waals surface area contributed by atoms with Crippen molar-refractivity contribution in [3.63, 3.8) is 0 Å². The molecule has 0 aliphatic carbocycles. The fraction of sp³-hybridized carbons (Fsp3) is 0.400. The minimum atomic E-state index is -2.82. The van der Waals surface area contributed by atoms with Gasteiger partial charge in [-0.05, 0) is 30.2 Å². The molecule has 0 saturated carbocycles. The number of nitrogens with two attached hydrogens (primary N) is 1. The van der Waals surface area contributed by atoms with E-state index in [-0.39, 0.29) is 12.1 Å². The van der Waals surface area contributed by atoms with Crippen LogP contribution in [-0.4, -0.2) is 6.54 Å². The van der Waals surface area contributed by atoms with Crippen LogP contribution in [0.4, 0.5) is 17.6 Å². The first-order valence-corrected chi connectivity index (χ1v) is 4.44. The SMILES string of the molecule is CC(CN)c1cc(C(F)F)cc(F)c1F. The third-order valence-corrected chi connectivity index (χ3v) is 2.22. The predicted molar refractivity (Wildman–Crippen MR) is 48.8 cm³/mol. The zero-order chi connectivity index (χ0) is 11.6. The number of alkyl halides is 2. The van der Waals surface area contributed by atoms with Crippen molar-refractivity contribution in [3.8, 4) is 0 Å². The van der Waals surface area contributed by atoms with Crippen molar-refractivity contribution in [2.45, 2.75) is 19.3 Å². The van der Waals surface area contributed by atoms with Crippen molar-refractivity contribution in [2.75, 3.05) is 6.54 Å². The molecule has 1 unspecified atom stereocenters. The second kappa shape index (κ2) is 4.61. The molecular weight excluding hydrogens is 210 g/mol. The average molecular weight is 221 g/mol. The van der Waals surface area contributed by atoms with Crippen LogP contribution in [0.2, 0.25) is 0 Å². The smallest absolute Gasteiger partial charge is 0.263 e. The number of halogens is 4. The number of hydrogen-bond donors (Lipinski definition) is 1. The normalized spacial score (nSPS) is 13.3. The van der Waals surface area contributed by atoms with Gasteiger partial charge in [0.25, 0.3) is 6.43 Å². The highest BCUT2D eigenvalue weighted by atomic mass is 19.3. The third kappa shape index (κ3) is 2.47. The van der Waals surface area contributed by atoms with Crippen LogP contribution in [0.3, 0.4) is 0 Å². The zero-order valence-corrected chi connectivity index (χ0v) is 8.11. The molecule has 15 heavy (non-hydrogen) atoms. The Hall–Kier alpha value is -1.10. The lowest BCUT2D eigenvalue weighted by Crippen LogP contribution is -2.12. The molecule has 0 radical (unpaired) electrons. The van der Waals surface area contributed by atoms with E-state index in [4.69, 9.17) is 5.73 Å². The highest BCUT2D eigenvalue weighted by molar-refractivity contribution is 5.29. The number of benzene rings is 1. The number of hydrogen-bond acceptors (Lipinski definition) is 1. The van der Waals surface area contributed by atoms with Crippen LogP contribution in [0.5, 0.6) is 0 Å². The summed E-state index contributed by atoms with van der Waals surface area (Å²) in [5.41, 5.74) is 4.64. The molecular formula is C10H11F4N. The van der Waals surface area contributed by atoms with Crippen LogP contribution >= 0.6 is 0 Å². The van der Waals surface area contributed by atoms with Crippen molar-refractivity contribution in [2.24, 2.45) is 5.73 Å². The second-order valence-corrected chi connectivity index (χ2v) is 3.34. The molecule has 0 spiro atoms. The molecule has 0 aliphatic heterocycles. The van der Waals surface area contributed by atoms with E-state index in [9.17, 15) is 17.6 Å². The Morgan fingerprint density at radius 1 is 1.27 bits per heavy atom. The maximum Gasteiger partial charge on any atom is 0.263 e. The molecule has 5 heteroatoms. The largest absolute Gasteiger partial charge is 0.330 e. The first-order valence-electron chi connectivity index (χ1n) is 4.44. The Bertz CT molecular complexity index is 352. The van der Waals surface area contributed by atoms with Crippen molar-refractivity contribution < 1.29 is 17.6 Å². The van der Waals surface area contributed by atoms with E-state index in [1.807, 2.05) is 0 Å². The van der Waals surface area contributed by atoms with E-state index >= 15 is 0 Å². The molecule has 0 bridgehead atoms. The molecule has 2 N–H and O–H groups in total. The van der Waals surface area contributed by atoms with Gasteiger partial charge in [-0.1, -0.05) is 6.92 Å². The van der Waals surface area contributed by atoms with E-state index in [1.54, 1.807) is 6.92 Å². The molecule has 0 saturated heterocycles. The molecule has 1 nitrogen and oxygen atoms in total. The molecule has 0 fully saturated rings. The molecule has 1 aromatic rings. The summed E-state index contributed by atoms with van der Waals surface area (Å²) in [4.78, 5) is 0. The Morgan fingerprint density at radius 3 is 2.33 bits per heavy atom. The van der Waals surface area contributed by atoms with E-state index in [0.29, 0.717) is 6.07 Å². The first-order chi connectivity index (χ1) is 6.97. The Morgan fingerprint density at radius 2 is 1.87 bits per heavy atom. The van der Waals surface area contributed by atoms with E-state index < -0.39 is 29.5 Å². The molecule has 1 aromatic carbocycles. The lowest BCUT2D eigenvalue weighted by Gasteiger charge is -2.12. The topological polar surface area (TPSA) is 26.0 Å². The van der Waals surface area contributed by atoms with Gasteiger partial charge in [-0.15, -0.1) is 0 Å². The highest BCUT2D eigenvalue weighted by Gasteiger charge is 2.18. The van der Waals surface area contributed by atoms with Gasteiger partial charge in [0.15, 0.2) is 11.6 Å². The van der Waals surface area contributed by atoms with Gasteiger partial charge in [0.2, 0.25) is 0 Å². The van der Waals surface area contributed by atoms with Crippen molar-refractivity contribution in [1.82, 2.24) is 0 Å².